The van der Waals surface area contributed by atoms with E-state index in [-0.39, 0.29) is 0 Å². The Bertz CT molecular complexity index is 487. The molecule has 0 aromatic heterocycles. The summed E-state index contributed by atoms with van der Waals surface area (Å²) in [7, 11) is -3.38. The molecular formula is C14H22N2O2S. The number of nitrogens with one attached hydrogen (secondary N) is 1. The van der Waals surface area contributed by atoms with Crippen molar-refractivity contribution in [3.8, 4) is 0 Å². The van der Waals surface area contributed by atoms with Crippen LogP contribution in [0.4, 0.5) is 0 Å². The van der Waals surface area contributed by atoms with E-state index in [1.165, 1.54) is 12.8 Å². The number of benzene rings is 1. The van der Waals surface area contributed by atoms with Crippen LogP contribution in [0.1, 0.15) is 25.7 Å². The van der Waals surface area contributed by atoms with E-state index in [2.05, 4.69) is 4.72 Å². The molecule has 1 aromatic rings. The van der Waals surface area contributed by atoms with Gasteiger partial charge in [-0.25, -0.2) is 13.1 Å². The molecule has 0 aliphatic heterocycles. The molecule has 2 atom stereocenters. The predicted molar refractivity (Wildman–Crippen MR) is 76.1 cm³/mol. The smallest absolute Gasteiger partial charge is 0.240 e. The molecule has 2 rings (SSSR count). The lowest BCUT2D eigenvalue weighted by Gasteiger charge is -2.30. The van der Waals surface area contributed by atoms with Crippen molar-refractivity contribution < 1.29 is 8.42 Å². The lowest BCUT2D eigenvalue weighted by Crippen LogP contribution is -2.36. The van der Waals surface area contributed by atoms with Gasteiger partial charge >= 0.3 is 0 Å². The zero-order valence-corrected chi connectivity index (χ0v) is 11.9. The molecule has 0 saturated heterocycles. The fourth-order valence-electron chi connectivity index (χ4n) is 2.76. The summed E-state index contributed by atoms with van der Waals surface area (Å²) in [4.78, 5) is 0.329. The highest BCUT2D eigenvalue weighted by Gasteiger charge is 2.25. The Balaban J connectivity index is 1.98. The molecule has 1 aliphatic rings. The second kappa shape index (κ2) is 6.50. The molecule has 0 heterocycles. The van der Waals surface area contributed by atoms with Gasteiger partial charge in [0.05, 0.1) is 4.90 Å². The molecule has 1 fully saturated rings. The maximum atomic E-state index is 12.1. The molecule has 0 spiro atoms. The van der Waals surface area contributed by atoms with Gasteiger partial charge in [0.1, 0.15) is 0 Å². The number of hydrogen-bond donors (Lipinski definition) is 2. The van der Waals surface area contributed by atoms with Crippen LogP contribution >= 0.6 is 0 Å². The van der Waals surface area contributed by atoms with E-state index in [4.69, 9.17) is 5.73 Å². The first-order valence-corrected chi connectivity index (χ1v) is 8.36. The van der Waals surface area contributed by atoms with Crippen molar-refractivity contribution in [1.82, 2.24) is 4.72 Å². The largest absolute Gasteiger partial charge is 0.330 e. The van der Waals surface area contributed by atoms with Gasteiger partial charge in [-0.15, -0.1) is 0 Å². The van der Waals surface area contributed by atoms with Gasteiger partial charge in [-0.1, -0.05) is 31.0 Å². The van der Waals surface area contributed by atoms with Gasteiger partial charge in [-0.05, 0) is 43.4 Å². The first-order chi connectivity index (χ1) is 9.13. The molecule has 0 bridgehead atoms. The van der Waals surface area contributed by atoms with Crippen molar-refractivity contribution in [3.63, 3.8) is 0 Å². The SMILES string of the molecule is NCC1CCCCC1CNS(=O)(=O)c1ccccc1. The van der Waals surface area contributed by atoms with Crippen LogP contribution in [0.25, 0.3) is 0 Å². The molecule has 3 N–H and O–H groups in total. The minimum absolute atomic E-state index is 0.329. The Kier molecular flexibility index (Phi) is 4.96. The number of nitrogens with two attached hydrogens (primary N) is 1. The van der Waals surface area contributed by atoms with Crippen molar-refractivity contribution in [1.29, 1.82) is 0 Å². The maximum absolute atomic E-state index is 12.1. The standard InChI is InChI=1S/C14H22N2O2S/c15-10-12-6-4-5-7-13(12)11-16-19(17,18)14-8-2-1-3-9-14/h1-3,8-9,12-13,16H,4-7,10-11,15H2. The van der Waals surface area contributed by atoms with Crippen LogP contribution in [0.15, 0.2) is 35.2 Å². The Labute approximate surface area is 115 Å². The van der Waals surface area contributed by atoms with Gasteiger partial charge in [0, 0.05) is 6.54 Å². The van der Waals surface area contributed by atoms with Gasteiger partial charge < -0.3 is 5.73 Å². The molecule has 4 nitrogen and oxygen atoms in total. The topological polar surface area (TPSA) is 72.2 Å². The molecule has 1 saturated carbocycles. The van der Waals surface area contributed by atoms with E-state index in [9.17, 15) is 8.42 Å². The first kappa shape index (κ1) is 14.5. The summed E-state index contributed by atoms with van der Waals surface area (Å²) in [5.74, 6) is 0.824. The Hall–Kier alpha value is -0.910. The zero-order valence-electron chi connectivity index (χ0n) is 11.1. The van der Waals surface area contributed by atoms with Gasteiger partial charge in [-0.3, -0.25) is 0 Å². The number of hydrogen-bond acceptors (Lipinski definition) is 3. The molecular weight excluding hydrogens is 260 g/mol. The molecule has 19 heavy (non-hydrogen) atoms. The van der Waals surface area contributed by atoms with Crippen molar-refractivity contribution in [2.24, 2.45) is 17.6 Å². The van der Waals surface area contributed by atoms with Gasteiger partial charge in [0.15, 0.2) is 0 Å². The van der Waals surface area contributed by atoms with Crippen molar-refractivity contribution in [2.75, 3.05) is 13.1 Å². The van der Waals surface area contributed by atoms with Crippen LogP contribution in [0.3, 0.4) is 0 Å². The molecule has 1 aliphatic carbocycles. The summed E-state index contributed by atoms with van der Waals surface area (Å²) in [6.45, 7) is 1.15. The first-order valence-electron chi connectivity index (χ1n) is 6.88. The van der Waals surface area contributed by atoms with Crippen LogP contribution in [-0.4, -0.2) is 21.5 Å². The monoisotopic (exact) mass is 282 g/mol. The summed E-state index contributed by atoms with van der Waals surface area (Å²) in [5, 5.41) is 0. The predicted octanol–water partition coefficient (Wildman–Crippen LogP) is 1.73. The van der Waals surface area contributed by atoms with Gasteiger partial charge in [0.2, 0.25) is 10.0 Å². The lowest BCUT2D eigenvalue weighted by atomic mass is 9.79. The average molecular weight is 282 g/mol. The Morgan fingerprint density at radius 2 is 1.74 bits per heavy atom. The summed E-state index contributed by atoms with van der Waals surface area (Å²) in [6, 6.07) is 8.51. The minimum atomic E-state index is -3.38. The van der Waals surface area contributed by atoms with Gasteiger partial charge in [-0.2, -0.15) is 0 Å². The number of sulfonamides is 1. The number of rotatable bonds is 5. The van der Waals surface area contributed by atoms with E-state index in [0.29, 0.717) is 29.8 Å². The van der Waals surface area contributed by atoms with E-state index in [1.807, 2.05) is 6.07 Å². The van der Waals surface area contributed by atoms with Crippen LogP contribution in [0.2, 0.25) is 0 Å². The Morgan fingerprint density at radius 1 is 1.11 bits per heavy atom. The summed E-state index contributed by atoms with van der Waals surface area (Å²) in [6.07, 6.45) is 4.57. The average Bonchev–Trinajstić information content (AvgIpc) is 2.46. The highest BCUT2D eigenvalue weighted by atomic mass is 32.2. The second-order valence-electron chi connectivity index (χ2n) is 5.21. The van der Waals surface area contributed by atoms with Crippen molar-refractivity contribution >= 4 is 10.0 Å². The third-order valence-corrected chi connectivity index (χ3v) is 5.40. The molecule has 2 unspecified atom stereocenters. The van der Waals surface area contributed by atoms with Crippen LogP contribution in [-0.2, 0) is 10.0 Å². The third kappa shape index (κ3) is 3.78. The highest BCUT2D eigenvalue weighted by molar-refractivity contribution is 7.89. The normalized spacial score (nSPS) is 24.3. The fraction of sp³-hybridized carbons (Fsp3) is 0.571. The molecule has 0 radical (unpaired) electrons. The quantitative estimate of drug-likeness (QED) is 0.864. The Morgan fingerprint density at radius 3 is 2.37 bits per heavy atom. The second-order valence-corrected chi connectivity index (χ2v) is 6.97. The van der Waals surface area contributed by atoms with Crippen LogP contribution in [0.5, 0.6) is 0 Å². The zero-order chi connectivity index (χ0) is 13.7. The van der Waals surface area contributed by atoms with E-state index in [0.717, 1.165) is 12.8 Å². The molecule has 106 valence electrons. The highest BCUT2D eigenvalue weighted by Crippen LogP contribution is 2.29. The van der Waals surface area contributed by atoms with Crippen molar-refractivity contribution in [3.05, 3.63) is 30.3 Å². The third-order valence-electron chi connectivity index (χ3n) is 3.96. The fourth-order valence-corrected chi connectivity index (χ4v) is 3.88. The summed E-state index contributed by atoms with van der Waals surface area (Å²) in [5.41, 5.74) is 5.77. The molecule has 5 heteroatoms. The summed E-state index contributed by atoms with van der Waals surface area (Å²) < 4.78 is 27.0. The van der Waals surface area contributed by atoms with E-state index in [1.54, 1.807) is 24.3 Å². The molecule has 1 aromatic carbocycles. The van der Waals surface area contributed by atoms with Crippen LogP contribution in [0, 0.1) is 11.8 Å². The summed E-state index contributed by atoms with van der Waals surface area (Å²) >= 11 is 0. The van der Waals surface area contributed by atoms with E-state index >= 15 is 0 Å². The maximum Gasteiger partial charge on any atom is 0.240 e. The van der Waals surface area contributed by atoms with Gasteiger partial charge in [0.25, 0.3) is 0 Å². The minimum Gasteiger partial charge on any atom is -0.330 e. The van der Waals surface area contributed by atoms with E-state index < -0.39 is 10.0 Å². The molecule has 0 amide bonds. The lowest BCUT2D eigenvalue weighted by molar-refractivity contribution is 0.244. The van der Waals surface area contributed by atoms with Crippen molar-refractivity contribution in [2.45, 2.75) is 30.6 Å². The van der Waals surface area contributed by atoms with Crippen LogP contribution < -0.4 is 10.5 Å².